The van der Waals surface area contributed by atoms with Gasteiger partial charge in [0, 0.05) is 43.0 Å². The molecule has 2 aliphatic rings. The summed E-state index contributed by atoms with van der Waals surface area (Å²) in [6.07, 6.45) is 4.93. The first-order valence-corrected chi connectivity index (χ1v) is 13.8. The molecule has 2 heterocycles. The van der Waals surface area contributed by atoms with Crippen LogP contribution in [0.15, 0.2) is 101 Å². The Hall–Kier alpha value is -4.15. The summed E-state index contributed by atoms with van der Waals surface area (Å²) in [5.41, 5.74) is 1.49. The molecule has 1 saturated heterocycles. The summed E-state index contributed by atoms with van der Waals surface area (Å²) in [4.78, 5) is 18.5. The zero-order chi connectivity index (χ0) is 27.6. The van der Waals surface area contributed by atoms with E-state index in [1.807, 2.05) is 6.08 Å². The third-order valence-corrected chi connectivity index (χ3v) is 9.00. The van der Waals surface area contributed by atoms with Gasteiger partial charge in [0.2, 0.25) is 10.0 Å². The highest BCUT2D eigenvalue weighted by Gasteiger charge is 2.51. The second-order valence-electron chi connectivity index (χ2n) is 9.46. The van der Waals surface area contributed by atoms with Gasteiger partial charge in [-0.05, 0) is 73.0 Å². The lowest BCUT2D eigenvalue weighted by molar-refractivity contribution is 0.0770. The van der Waals surface area contributed by atoms with Gasteiger partial charge in [0.25, 0.3) is 0 Å². The predicted molar refractivity (Wildman–Crippen MR) is 146 cm³/mol. The Balaban J connectivity index is 1.57. The molecule has 0 saturated carbocycles. The van der Waals surface area contributed by atoms with Gasteiger partial charge in [0.15, 0.2) is 5.78 Å². The van der Waals surface area contributed by atoms with Gasteiger partial charge in [-0.25, -0.2) is 12.8 Å². The number of sulfonamides is 1. The Morgan fingerprint density at radius 3 is 2.64 bits per heavy atom. The van der Waals surface area contributed by atoms with Crippen LogP contribution in [-0.2, 0) is 10.0 Å². The lowest BCUT2D eigenvalue weighted by Crippen LogP contribution is -2.52. The summed E-state index contributed by atoms with van der Waals surface area (Å²) in [6.45, 7) is 0.0708. The molecule has 0 bridgehead atoms. The normalized spacial score (nSPS) is 19.6. The van der Waals surface area contributed by atoms with E-state index in [1.54, 1.807) is 42.5 Å². The van der Waals surface area contributed by atoms with E-state index in [4.69, 9.17) is 10.1 Å². The number of ketones is 1. The fourth-order valence-corrected chi connectivity index (χ4v) is 6.66. The number of rotatable bonds is 8. The van der Waals surface area contributed by atoms with E-state index in [0.717, 1.165) is 5.57 Å². The molecule has 10 heteroatoms. The second kappa shape index (κ2) is 10.5. The molecule has 0 spiro atoms. The number of hydrogen-bond donors (Lipinski definition) is 2. The van der Waals surface area contributed by atoms with E-state index in [-0.39, 0.29) is 41.7 Å². The van der Waals surface area contributed by atoms with Crippen molar-refractivity contribution in [2.75, 3.05) is 25.5 Å². The van der Waals surface area contributed by atoms with Crippen molar-refractivity contribution >= 4 is 27.7 Å². The van der Waals surface area contributed by atoms with Crippen molar-refractivity contribution in [2.24, 2.45) is 5.41 Å². The number of aromatic nitrogens is 1. The van der Waals surface area contributed by atoms with E-state index < -0.39 is 15.4 Å². The van der Waals surface area contributed by atoms with Crippen LogP contribution in [0.2, 0.25) is 0 Å². The van der Waals surface area contributed by atoms with E-state index in [0.29, 0.717) is 29.1 Å². The average Bonchev–Trinajstić information content (AvgIpc) is 2.97. The molecule has 1 fully saturated rings. The van der Waals surface area contributed by atoms with Gasteiger partial charge in [-0.2, -0.15) is 4.31 Å². The molecule has 200 valence electrons. The maximum absolute atomic E-state index is 14.1. The van der Waals surface area contributed by atoms with E-state index in [2.05, 4.69) is 10.3 Å². The van der Waals surface area contributed by atoms with Gasteiger partial charge in [-0.15, -0.1) is 0 Å². The molecule has 3 aromatic rings. The third kappa shape index (κ3) is 5.00. The van der Waals surface area contributed by atoms with E-state index >= 15 is 0 Å². The highest BCUT2D eigenvalue weighted by molar-refractivity contribution is 7.89. The Labute approximate surface area is 226 Å². The maximum Gasteiger partial charge on any atom is 0.243 e. The summed E-state index contributed by atoms with van der Waals surface area (Å²) in [5.74, 6) is -0.260. The number of pyridine rings is 1. The van der Waals surface area contributed by atoms with E-state index in [1.165, 1.54) is 48.1 Å². The van der Waals surface area contributed by atoms with Gasteiger partial charge < -0.3 is 15.5 Å². The van der Waals surface area contributed by atoms with E-state index in [9.17, 15) is 17.6 Å². The number of halogens is 1. The largest absolute Gasteiger partial charge is 0.497 e. The molecule has 5 rings (SSSR count). The van der Waals surface area contributed by atoms with Crippen molar-refractivity contribution in [1.29, 1.82) is 5.41 Å². The van der Waals surface area contributed by atoms with Crippen molar-refractivity contribution in [3.05, 3.63) is 107 Å². The molecule has 0 unspecified atom stereocenters. The first-order chi connectivity index (χ1) is 18.8. The fourth-order valence-electron chi connectivity index (χ4n) is 5.12. The summed E-state index contributed by atoms with van der Waals surface area (Å²) in [6, 6.07) is 17.1. The summed E-state index contributed by atoms with van der Waals surface area (Å²) in [7, 11) is -2.49. The Bertz CT molecular complexity index is 1590. The number of ether oxygens (including phenoxy) is 1. The van der Waals surface area contributed by atoms with Crippen LogP contribution in [0.25, 0.3) is 0 Å². The molecule has 8 nitrogen and oxygen atoms in total. The SMILES string of the molecule is COc1cccc(S(=O)(=O)N2CCC3=CC(Nc4ccc(F)cc4)=C(C=N)C[C@]3(C(=O)c3ccccn3)C2)c1. The highest BCUT2D eigenvalue weighted by Crippen LogP contribution is 2.47. The van der Waals surface area contributed by atoms with Gasteiger partial charge in [-0.1, -0.05) is 17.7 Å². The molecule has 1 aliphatic carbocycles. The number of hydrogen-bond acceptors (Lipinski definition) is 7. The second-order valence-corrected chi connectivity index (χ2v) is 11.4. The number of carbonyl (C=O) groups is 1. The number of benzene rings is 2. The summed E-state index contributed by atoms with van der Waals surface area (Å²) < 4.78 is 47.5. The third-order valence-electron chi connectivity index (χ3n) is 7.16. The zero-order valence-electron chi connectivity index (χ0n) is 21.2. The van der Waals surface area contributed by atoms with Crippen LogP contribution >= 0.6 is 0 Å². The van der Waals surface area contributed by atoms with Crippen LogP contribution < -0.4 is 10.1 Å². The number of methoxy groups -OCH3 is 1. The maximum atomic E-state index is 14.1. The number of carbonyl (C=O) groups excluding carboxylic acids is 1. The smallest absolute Gasteiger partial charge is 0.243 e. The molecule has 2 N–H and O–H groups in total. The topological polar surface area (TPSA) is 112 Å². The molecule has 0 radical (unpaired) electrons. The van der Waals surface area contributed by atoms with Crippen LogP contribution in [-0.4, -0.2) is 49.9 Å². The molecule has 39 heavy (non-hydrogen) atoms. The molecule has 2 aromatic carbocycles. The molecule has 0 amide bonds. The number of nitrogens with one attached hydrogen (secondary N) is 2. The zero-order valence-corrected chi connectivity index (χ0v) is 22.0. The Morgan fingerprint density at radius 1 is 1.15 bits per heavy atom. The first kappa shape index (κ1) is 26.5. The van der Waals surface area contributed by atoms with Crippen molar-refractivity contribution in [3.63, 3.8) is 0 Å². The van der Waals surface area contributed by atoms with Gasteiger partial charge in [0.1, 0.15) is 17.3 Å². The molecule has 1 aliphatic heterocycles. The molecule has 1 aromatic heterocycles. The van der Waals surface area contributed by atoms with Crippen molar-refractivity contribution in [2.45, 2.75) is 17.7 Å². The van der Waals surface area contributed by atoms with Gasteiger partial charge in [0.05, 0.1) is 17.4 Å². The molecular weight excluding hydrogens is 519 g/mol. The van der Waals surface area contributed by atoms with Crippen LogP contribution in [0.5, 0.6) is 5.75 Å². The minimum absolute atomic E-state index is 0.0759. The van der Waals surface area contributed by atoms with Crippen LogP contribution in [0.3, 0.4) is 0 Å². The minimum atomic E-state index is -3.96. The standard InChI is InChI=1S/C29H27FN4O4S/c1-38-24-5-4-6-25(16-24)39(36,37)34-14-12-21-15-27(33-23-10-8-22(30)9-11-23)20(18-31)17-29(21,19-34)28(35)26-7-2-3-13-32-26/h2-11,13,15-16,18,31,33H,12,14,17,19H2,1H3/t29-/m0/s1. The highest BCUT2D eigenvalue weighted by atomic mass is 32.2. The van der Waals surface area contributed by atoms with Crippen LogP contribution in [0.1, 0.15) is 23.3 Å². The van der Waals surface area contributed by atoms with Crippen molar-refractivity contribution in [3.8, 4) is 5.75 Å². The number of fused-ring (bicyclic) bond motifs is 1. The molecular formula is C29H27FN4O4S. The Morgan fingerprint density at radius 2 is 1.95 bits per heavy atom. The van der Waals surface area contributed by atoms with Crippen LogP contribution in [0, 0.1) is 16.6 Å². The molecule has 1 atom stereocenters. The number of Topliss-reactive ketones (excluding diaryl/α,β-unsaturated/α-hetero) is 1. The number of nitrogens with zero attached hydrogens (tertiary/aromatic N) is 2. The lowest BCUT2D eigenvalue weighted by Gasteiger charge is -2.45. The summed E-state index contributed by atoms with van der Waals surface area (Å²) in [5, 5.41) is 11.4. The van der Waals surface area contributed by atoms with Crippen molar-refractivity contribution in [1.82, 2.24) is 9.29 Å². The predicted octanol–water partition coefficient (Wildman–Crippen LogP) is 4.84. The number of allylic oxidation sites excluding steroid dienone is 2. The van der Waals surface area contributed by atoms with Crippen molar-refractivity contribution < 1.29 is 22.3 Å². The lowest BCUT2D eigenvalue weighted by atomic mass is 9.65. The monoisotopic (exact) mass is 546 g/mol. The average molecular weight is 547 g/mol. The number of piperidine rings is 1. The number of anilines is 1. The first-order valence-electron chi connectivity index (χ1n) is 12.3. The quantitative estimate of drug-likeness (QED) is 0.309. The van der Waals surface area contributed by atoms with Crippen LogP contribution in [0.4, 0.5) is 10.1 Å². The van der Waals surface area contributed by atoms with Gasteiger partial charge >= 0.3 is 0 Å². The fraction of sp³-hybridized carbons (Fsp3) is 0.207. The minimum Gasteiger partial charge on any atom is -0.497 e. The Kier molecular flexibility index (Phi) is 7.16. The van der Waals surface area contributed by atoms with Gasteiger partial charge in [-0.3, -0.25) is 9.78 Å². The summed E-state index contributed by atoms with van der Waals surface area (Å²) >= 11 is 0.